The number of likely N-dealkylation sites (tertiary alicyclic amines) is 1. The molecule has 118 valence electrons. The van der Waals surface area contributed by atoms with Gasteiger partial charge in [0.05, 0.1) is 25.4 Å². The minimum Gasteiger partial charge on any atom is -0.495 e. The Morgan fingerprint density at radius 2 is 2.00 bits per heavy atom. The first kappa shape index (κ1) is 14.8. The zero-order valence-electron chi connectivity index (χ0n) is 12.8. The summed E-state index contributed by atoms with van der Waals surface area (Å²) in [7, 11) is 1.60. The minimum atomic E-state index is -0.996. The van der Waals surface area contributed by atoms with Crippen molar-refractivity contribution in [3.8, 4) is 5.75 Å². The van der Waals surface area contributed by atoms with E-state index in [1.807, 2.05) is 10.6 Å². The summed E-state index contributed by atoms with van der Waals surface area (Å²) in [5, 5.41) is 9.35. The molecule has 0 atom stereocenters. The summed E-state index contributed by atoms with van der Waals surface area (Å²) in [5.74, 6) is 0.455. The number of fused-ring (bicyclic) bond motifs is 1. The summed E-state index contributed by atoms with van der Waals surface area (Å²) in [6.45, 7) is 2.75. The molecule has 2 aromatic rings. The van der Waals surface area contributed by atoms with Crippen LogP contribution in [0.4, 0.5) is 0 Å². The standard InChI is InChI=1S/C16H21N3O3/c1-22-12-6-7-13-15(16(20)21)17-14(19(13)10-12)11-18-8-4-2-3-5-9-18/h6-7,10H,2-5,8-9,11H2,1H3,(H,20,21). The van der Waals surface area contributed by atoms with Crippen LogP contribution in [0, 0.1) is 0 Å². The van der Waals surface area contributed by atoms with E-state index in [0.29, 0.717) is 17.8 Å². The van der Waals surface area contributed by atoms with Gasteiger partial charge in [-0.1, -0.05) is 12.8 Å². The molecule has 0 aliphatic carbocycles. The monoisotopic (exact) mass is 303 g/mol. The van der Waals surface area contributed by atoms with Crippen molar-refractivity contribution in [2.75, 3.05) is 20.2 Å². The van der Waals surface area contributed by atoms with Crippen molar-refractivity contribution in [3.63, 3.8) is 0 Å². The molecule has 0 aromatic carbocycles. The summed E-state index contributed by atoms with van der Waals surface area (Å²) in [6, 6.07) is 3.51. The van der Waals surface area contributed by atoms with Crippen molar-refractivity contribution >= 4 is 11.5 Å². The number of aromatic carboxylic acids is 1. The molecular weight excluding hydrogens is 282 g/mol. The van der Waals surface area contributed by atoms with Crippen LogP contribution < -0.4 is 4.74 Å². The van der Waals surface area contributed by atoms with Crippen LogP contribution in [-0.4, -0.2) is 45.6 Å². The van der Waals surface area contributed by atoms with Crippen LogP contribution in [0.2, 0.25) is 0 Å². The van der Waals surface area contributed by atoms with Crippen LogP contribution in [0.15, 0.2) is 18.3 Å². The summed E-state index contributed by atoms with van der Waals surface area (Å²) < 4.78 is 7.09. The molecule has 1 saturated heterocycles. The Labute approximate surface area is 129 Å². The number of nitrogens with zero attached hydrogens (tertiary/aromatic N) is 3. The number of ether oxygens (including phenoxy) is 1. The Balaban J connectivity index is 1.97. The van der Waals surface area contributed by atoms with Gasteiger partial charge in [-0.25, -0.2) is 9.78 Å². The van der Waals surface area contributed by atoms with Crippen LogP contribution in [0.5, 0.6) is 5.75 Å². The second-order valence-corrected chi connectivity index (χ2v) is 5.70. The van der Waals surface area contributed by atoms with Gasteiger partial charge in [0.15, 0.2) is 5.69 Å². The molecule has 0 unspecified atom stereocenters. The van der Waals surface area contributed by atoms with Gasteiger partial charge in [0.25, 0.3) is 0 Å². The summed E-state index contributed by atoms with van der Waals surface area (Å²) in [4.78, 5) is 18.1. The molecule has 0 radical (unpaired) electrons. The topological polar surface area (TPSA) is 67.1 Å². The van der Waals surface area contributed by atoms with Gasteiger partial charge in [0.2, 0.25) is 0 Å². The van der Waals surface area contributed by atoms with Gasteiger partial charge in [0.1, 0.15) is 11.6 Å². The smallest absolute Gasteiger partial charge is 0.356 e. The lowest BCUT2D eigenvalue weighted by Crippen LogP contribution is -2.25. The first-order valence-electron chi connectivity index (χ1n) is 7.69. The number of methoxy groups -OCH3 is 1. The van der Waals surface area contributed by atoms with Crippen molar-refractivity contribution in [2.45, 2.75) is 32.2 Å². The highest BCUT2D eigenvalue weighted by Crippen LogP contribution is 2.20. The third-order valence-corrected chi connectivity index (χ3v) is 4.18. The second-order valence-electron chi connectivity index (χ2n) is 5.70. The quantitative estimate of drug-likeness (QED) is 0.939. The van der Waals surface area contributed by atoms with Crippen molar-refractivity contribution in [1.29, 1.82) is 0 Å². The molecular formula is C16H21N3O3. The van der Waals surface area contributed by atoms with Crippen LogP contribution in [0.3, 0.4) is 0 Å². The molecule has 1 fully saturated rings. The van der Waals surface area contributed by atoms with Gasteiger partial charge in [-0.2, -0.15) is 0 Å². The number of hydrogen-bond donors (Lipinski definition) is 1. The highest BCUT2D eigenvalue weighted by Gasteiger charge is 2.19. The number of carboxylic acid groups (broad SMARTS) is 1. The average molecular weight is 303 g/mol. The van der Waals surface area contributed by atoms with E-state index in [0.717, 1.165) is 18.9 Å². The molecule has 0 saturated carbocycles. The minimum absolute atomic E-state index is 0.104. The van der Waals surface area contributed by atoms with E-state index in [-0.39, 0.29) is 5.69 Å². The number of aromatic nitrogens is 2. The Morgan fingerprint density at radius 1 is 1.27 bits per heavy atom. The zero-order chi connectivity index (χ0) is 15.5. The molecule has 6 nitrogen and oxygen atoms in total. The Kier molecular flexibility index (Phi) is 4.29. The molecule has 1 aliphatic heterocycles. The maximum atomic E-state index is 11.4. The number of carbonyl (C=O) groups is 1. The lowest BCUT2D eigenvalue weighted by Gasteiger charge is -2.18. The number of pyridine rings is 1. The molecule has 3 heterocycles. The third-order valence-electron chi connectivity index (χ3n) is 4.18. The molecule has 0 bridgehead atoms. The lowest BCUT2D eigenvalue weighted by molar-refractivity contribution is 0.0693. The Hall–Kier alpha value is -2.08. The normalized spacial score (nSPS) is 16.6. The van der Waals surface area contributed by atoms with Gasteiger partial charge in [-0.15, -0.1) is 0 Å². The molecule has 1 N–H and O–H groups in total. The Bertz CT molecular complexity index is 673. The highest BCUT2D eigenvalue weighted by molar-refractivity contribution is 5.93. The van der Waals surface area contributed by atoms with E-state index in [1.54, 1.807) is 19.2 Å². The van der Waals surface area contributed by atoms with Crippen molar-refractivity contribution in [3.05, 3.63) is 29.8 Å². The lowest BCUT2D eigenvalue weighted by atomic mass is 10.2. The van der Waals surface area contributed by atoms with Gasteiger partial charge < -0.3 is 9.84 Å². The zero-order valence-corrected chi connectivity index (χ0v) is 12.8. The number of imidazole rings is 1. The molecule has 0 amide bonds. The molecule has 2 aromatic heterocycles. The van der Waals surface area contributed by atoms with E-state index in [4.69, 9.17) is 4.74 Å². The van der Waals surface area contributed by atoms with Gasteiger partial charge >= 0.3 is 5.97 Å². The van der Waals surface area contributed by atoms with E-state index >= 15 is 0 Å². The predicted octanol–water partition coefficient (Wildman–Crippen LogP) is 2.42. The maximum absolute atomic E-state index is 11.4. The van der Waals surface area contributed by atoms with Crippen molar-refractivity contribution in [2.24, 2.45) is 0 Å². The van der Waals surface area contributed by atoms with Crippen LogP contribution in [-0.2, 0) is 6.54 Å². The van der Waals surface area contributed by atoms with Crippen molar-refractivity contribution < 1.29 is 14.6 Å². The SMILES string of the molecule is COc1ccc2c(C(=O)O)nc(CN3CCCCCC3)n2c1. The Morgan fingerprint density at radius 3 is 2.64 bits per heavy atom. The summed E-state index contributed by atoms with van der Waals surface area (Å²) in [5.41, 5.74) is 0.714. The van der Waals surface area contributed by atoms with Crippen LogP contribution in [0.25, 0.3) is 5.52 Å². The van der Waals surface area contributed by atoms with Gasteiger partial charge in [0, 0.05) is 0 Å². The third kappa shape index (κ3) is 2.92. The fraction of sp³-hybridized carbons (Fsp3) is 0.500. The first-order valence-corrected chi connectivity index (χ1v) is 7.69. The van der Waals surface area contributed by atoms with Gasteiger partial charge in [-0.3, -0.25) is 9.30 Å². The molecule has 22 heavy (non-hydrogen) atoms. The van der Waals surface area contributed by atoms with E-state index in [9.17, 15) is 9.90 Å². The van der Waals surface area contributed by atoms with Gasteiger partial charge in [-0.05, 0) is 38.1 Å². The molecule has 3 rings (SSSR count). The molecule has 0 spiro atoms. The number of carboxylic acids is 1. The molecule has 6 heteroatoms. The fourth-order valence-corrected chi connectivity index (χ4v) is 3.01. The highest BCUT2D eigenvalue weighted by atomic mass is 16.5. The average Bonchev–Trinajstić information content (AvgIpc) is 2.69. The van der Waals surface area contributed by atoms with Crippen molar-refractivity contribution in [1.82, 2.24) is 14.3 Å². The number of rotatable bonds is 4. The van der Waals surface area contributed by atoms with E-state index < -0.39 is 5.97 Å². The van der Waals surface area contributed by atoms with E-state index in [2.05, 4.69) is 9.88 Å². The fourth-order valence-electron chi connectivity index (χ4n) is 3.01. The van der Waals surface area contributed by atoms with Crippen LogP contribution in [0.1, 0.15) is 42.0 Å². The largest absolute Gasteiger partial charge is 0.495 e. The summed E-state index contributed by atoms with van der Waals surface area (Å²) in [6.07, 6.45) is 6.73. The van der Waals surface area contributed by atoms with E-state index in [1.165, 1.54) is 25.7 Å². The predicted molar refractivity (Wildman–Crippen MR) is 82.4 cm³/mol. The summed E-state index contributed by atoms with van der Waals surface area (Å²) >= 11 is 0. The van der Waals surface area contributed by atoms with Crippen LogP contribution >= 0.6 is 0 Å². The second kappa shape index (κ2) is 6.36. The maximum Gasteiger partial charge on any atom is 0.356 e. The first-order chi connectivity index (χ1) is 10.7. The number of hydrogen-bond acceptors (Lipinski definition) is 4. The molecule has 1 aliphatic rings.